The van der Waals surface area contributed by atoms with E-state index in [1.54, 1.807) is 12.1 Å². The molecule has 6 heteroatoms. The lowest BCUT2D eigenvalue weighted by molar-refractivity contribution is 0.0425. The zero-order valence-electron chi connectivity index (χ0n) is 14.4. The standard InChI is InChI=1S/C18H27N3O3/c1-2-3-8-21(18(23)20-9-11-24-12-10-20)14-15-4-6-16(7-5-15)17(22)13-19/h4-7H,2-3,8-14,19H2,1H3. The molecule has 6 nitrogen and oxygen atoms in total. The summed E-state index contributed by atoms with van der Waals surface area (Å²) in [6.07, 6.45) is 2.01. The Labute approximate surface area is 143 Å². The summed E-state index contributed by atoms with van der Waals surface area (Å²) >= 11 is 0. The van der Waals surface area contributed by atoms with Gasteiger partial charge in [0.1, 0.15) is 0 Å². The molecular formula is C18H27N3O3. The second-order valence-electron chi connectivity index (χ2n) is 5.98. The van der Waals surface area contributed by atoms with Crippen molar-refractivity contribution in [2.45, 2.75) is 26.3 Å². The van der Waals surface area contributed by atoms with Crippen molar-refractivity contribution in [2.24, 2.45) is 5.73 Å². The van der Waals surface area contributed by atoms with Crippen molar-refractivity contribution < 1.29 is 14.3 Å². The number of benzene rings is 1. The Bertz CT molecular complexity index is 539. The summed E-state index contributed by atoms with van der Waals surface area (Å²) in [6, 6.07) is 7.42. The van der Waals surface area contributed by atoms with Gasteiger partial charge in [-0.05, 0) is 12.0 Å². The SMILES string of the molecule is CCCCN(Cc1ccc(C(=O)CN)cc1)C(=O)N1CCOCC1. The van der Waals surface area contributed by atoms with Crippen molar-refractivity contribution in [3.8, 4) is 0 Å². The van der Waals surface area contributed by atoms with E-state index in [0.29, 0.717) is 38.4 Å². The first-order valence-electron chi connectivity index (χ1n) is 8.59. The Morgan fingerprint density at radius 1 is 1.21 bits per heavy atom. The third-order valence-corrected chi connectivity index (χ3v) is 4.17. The highest BCUT2D eigenvalue weighted by molar-refractivity contribution is 5.97. The smallest absolute Gasteiger partial charge is 0.320 e. The monoisotopic (exact) mass is 333 g/mol. The Kier molecular flexibility index (Phi) is 7.21. The molecule has 1 fully saturated rings. The van der Waals surface area contributed by atoms with Gasteiger partial charge in [0.2, 0.25) is 0 Å². The molecular weight excluding hydrogens is 306 g/mol. The summed E-state index contributed by atoms with van der Waals surface area (Å²) in [6.45, 7) is 5.90. The van der Waals surface area contributed by atoms with Crippen molar-refractivity contribution >= 4 is 11.8 Å². The van der Waals surface area contributed by atoms with Crippen molar-refractivity contribution in [1.29, 1.82) is 0 Å². The Hall–Kier alpha value is -1.92. The van der Waals surface area contributed by atoms with Gasteiger partial charge in [-0.15, -0.1) is 0 Å². The molecule has 0 bridgehead atoms. The number of urea groups is 1. The molecule has 0 spiro atoms. The lowest BCUT2D eigenvalue weighted by Crippen LogP contribution is -2.48. The van der Waals surface area contributed by atoms with E-state index in [2.05, 4.69) is 6.92 Å². The summed E-state index contributed by atoms with van der Waals surface area (Å²) in [5.74, 6) is -0.0752. The molecule has 1 saturated heterocycles. The molecule has 132 valence electrons. The van der Waals surface area contributed by atoms with E-state index >= 15 is 0 Å². The number of rotatable bonds is 7. The van der Waals surface area contributed by atoms with Crippen LogP contribution < -0.4 is 5.73 Å². The first-order chi connectivity index (χ1) is 11.7. The maximum Gasteiger partial charge on any atom is 0.320 e. The molecule has 1 aliphatic rings. The molecule has 1 aliphatic heterocycles. The van der Waals surface area contributed by atoms with Gasteiger partial charge in [0, 0.05) is 31.7 Å². The van der Waals surface area contributed by atoms with Crippen LogP contribution in [0.5, 0.6) is 0 Å². The molecule has 0 aliphatic carbocycles. The topological polar surface area (TPSA) is 75.9 Å². The average molecular weight is 333 g/mol. The van der Waals surface area contributed by atoms with Gasteiger partial charge in [0.15, 0.2) is 5.78 Å². The number of hydrogen-bond acceptors (Lipinski definition) is 4. The van der Waals surface area contributed by atoms with Crippen LogP contribution in [0.2, 0.25) is 0 Å². The van der Waals surface area contributed by atoms with E-state index in [-0.39, 0.29) is 18.4 Å². The summed E-state index contributed by atoms with van der Waals surface area (Å²) in [5, 5.41) is 0. The second kappa shape index (κ2) is 9.39. The van der Waals surface area contributed by atoms with E-state index < -0.39 is 0 Å². The van der Waals surface area contributed by atoms with Gasteiger partial charge in [0.25, 0.3) is 0 Å². The zero-order valence-corrected chi connectivity index (χ0v) is 14.4. The van der Waals surface area contributed by atoms with Crippen LogP contribution in [-0.2, 0) is 11.3 Å². The van der Waals surface area contributed by atoms with Crippen molar-refractivity contribution in [1.82, 2.24) is 9.80 Å². The molecule has 0 atom stereocenters. The van der Waals surface area contributed by atoms with E-state index in [1.807, 2.05) is 21.9 Å². The summed E-state index contributed by atoms with van der Waals surface area (Å²) in [5.41, 5.74) is 7.01. The fraction of sp³-hybridized carbons (Fsp3) is 0.556. The zero-order chi connectivity index (χ0) is 17.4. The van der Waals surface area contributed by atoms with E-state index in [9.17, 15) is 9.59 Å². The number of unbranched alkanes of at least 4 members (excludes halogenated alkanes) is 1. The number of carbonyl (C=O) groups is 2. The minimum Gasteiger partial charge on any atom is -0.378 e. The van der Waals surface area contributed by atoms with Gasteiger partial charge in [-0.3, -0.25) is 4.79 Å². The highest BCUT2D eigenvalue weighted by atomic mass is 16.5. The predicted octanol–water partition coefficient (Wildman–Crippen LogP) is 1.88. The first kappa shape index (κ1) is 18.4. The lowest BCUT2D eigenvalue weighted by atomic mass is 10.1. The molecule has 0 saturated carbocycles. The number of hydrogen-bond donors (Lipinski definition) is 1. The third-order valence-electron chi connectivity index (χ3n) is 4.17. The van der Waals surface area contributed by atoms with E-state index in [0.717, 1.165) is 24.9 Å². The van der Waals surface area contributed by atoms with Crippen LogP contribution in [-0.4, -0.2) is 61.0 Å². The average Bonchev–Trinajstić information content (AvgIpc) is 2.65. The minimum absolute atomic E-state index is 0.0114. The van der Waals surface area contributed by atoms with Crippen molar-refractivity contribution in [3.63, 3.8) is 0 Å². The minimum atomic E-state index is -0.0752. The van der Waals surface area contributed by atoms with Crippen LogP contribution in [0.15, 0.2) is 24.3 Å². The second-order valence-corrected chi connectivity index (χ2v) is 5.98. The summed E-state index contributed by atoms with van der Waals surface area (Å²) < 4.78 is 5.32. The fourth-order valence-electron chi connectivity index (χ4n) is 2.68. The van der Waals surface area contributed by atoms with Gasteiger partial charge in [-0.25, -0.2) is 4.79 Å². The normalized spacial score (nSPS) is 14.5. The molecule has 0 radical (unpaired) electrons. The predicted molar refractivity (Wildman–Crippen MR) is 92.9 cm³/mol. The van der Waals surface area contributed by atoms with Crippen LogP contribution in [0.1, 0.15) is 35.7 Å². The molecule has 2 amide bonds. The number of ether oxygens (including phenoxy) is 1. The number of nitrogens with two attached hydrogens (primary N) is 1. The number of Topliss-reactive ketones (excluding diaryl/α,β-unsaturated/α-hetero) is 1. The quantitative estimate of drug-likeness (QED) is 0.773. The highest BCUT2D eigenvalue weighted by Gasteiger charge is 2.22. The Morgan fingerprint density at radius 2 is 1.88 bits per heavy atom. The molecule has 1 aromatic carbocycles. The van der Waals surface area contributed by atoms with Crippen molar-refractivity contribution in [3.05, 3.63) is 35.4 Å². The van der Waals surface area contributed by atoms with Gasteiger partial charge in [-0.1, -0.05) is 37.6 Å². The Morgan fingerprint density at radius 3 is 2.46 bits per heavy atom. The Balaban J connectivity index is 2.04. The van der Waals surface area contributed by atoms with Gasteiger partial charge < -0.3 is 20.3 Å². The number of ketones is 1. The molecule has 0 aromatic heterocycles. The van der Waals surface area contributed by atoms with Crippen LogP contribution in [0.25, 0.3) is 0 Å². The third kappa shape index (κ3) is 5.04. The molecule has 2 N–H and O–H groups in total. The van der Waals surface area contributed by atoms with Crippen LogP contribution in [0.4, 0.5) is 4.79 Å². The van der Waals surface area contributed by atoms with Crippen LogP contribution in [0, 0.1) is 0 Å². The van der Waals surface area contributed by atoms with Crippen LogP contribution in [0.3, 0.4) is 0 Å². The maximum atomic E-state index is 12.8. The first-order valence-corrected chi connectivity index (χ1v) is 8.59. The molecule has 24 heavy (non-hydrogen) atoms. The van der Waals surface area contributed by atoms with Crippen molar-refractivity contribution in [2.75, 3.05) is 39.4 Å². The van der Waals surface area contributed by atoms with Gasteiger partial charge >= 0.3 is 6.03 Å². The van der Waals surface area contributed by atoms with Gasteiger partial charge in [-0.2, -0.15) is 0 Å². The maximum absolute atomic E-state index is 12.8. The fourth-order valence-corrected chi connectivity index (χ4v) is 2.68. The molecule has 1 heterocycles. The number of carbonyl (C=O) groups excluding carboxylic acids is 2. The highest BCUT2D eigenvalue weighted by Crippen LogP contribution is 2.12. The van der Waals surface area contributed by atoms with Crippen LogP contribution >= 0.6 is 0 Å². The van der Waals surface area contributed by atoms with E-state index in [1.165, 1.54) is 0 Å². The molecule has 0 unspecified atom stereocenters. The van der Waals surface area contributed by atoms with E-state index in [4.69, 9.17) is 10.5 Å². The molecule has 2 rings (SSSR count). The van der Waals surface area contributed by atoms with Gasteiger partial charge in [0.05, 0.1) is 19.8 Å². The number of amides is 2. The lowest BCUT2D eigenvalue weighted by Gasteiger charge is -2.33. The largest absolute Gasteiger partial charge is 0.378 e. The molecule has 1 aromatic rings. The number of morpholine rings is 1. The summed E-state index contributed by atoms with van der Waals surface area (Å²) in [7, 11) is 0. The number of nitrogens with zero attached hydrogens (tertiary/aromatic N) is 2. The summed E-state index contributed by atoms with van der Waals surface area (Å²) in [4.78, 5) is 28.1.